The van der Waals surface area contributed by atoms with Gasteiger partial charge in [0.25, 0.3) is 0 Å². The molecule has 1 heterocycles. The molecule has 1 aromatic rings. The van der Waals surface area contributed by atoms with Crippen molar-refractivity contribution >= 4 is 5.97 Å². The molecule has 0 saturated carbocycles. The molecule has 0 aliphatic heterocycles. The minimum atomic E-state index is -0.576. The molecule has 1 rings (SSSR count). The summed E-state index contributed by atoms with van der Waals surface area (Å²) >= 11 is 0. The maximum Gasteiger partial charge on any atom is 0.360 e. The summed E-state index contributed by atoms with van der Waals surface area (Å²) in [4.78, 5) is 14.3. The summed E-state index contributed by atoms with van der Waals surface area (Å²) in [6.45, 7) is 3.68. The summed E-state index contributed by atoms with van der Waals surface area (Å²) in [7, 11) is 1.25. The molecule has 0 unspecified atom stereocenters. The standard InChI is InChI=1S/C6H7NO4.C2H6/c1-10-6(9)4-3-11-5(2-8)7-4;1-2/h3,8H,2H2,1H3;1-2H3. The minimum Gasteiger partial charge on any atom is -0.464 e. The van der Waals surface area contributed by atoms with E-state index >= 15 is 0 Å². The van der Waals surface area contributed by atoms with Crippen LogP contribution in [0.15, 0.2) is 10.7 Å². The quantitative estimate of drug-likeness (QED) is 0.698. The van der Waals surface area contributed by atoms with E-state index in [1.807, 2.05) is 13.8 Å². The van der Waals surface area contributed by atoms with Crippen LogP contribution in [0.25, 0.3) is 0 Å². The van der Waals surface area contributed by atoms with Crippen LogP contribution in [0.5, 0.6) is 0 Å². The number of rotatable bonds is 2. The van der Waals surface area contributed by atoms with Crippen molar-refractivity contribution in [2.24, 2.45) is 0 Å². The molecule has 0 fully saturated rings. The third-order valence-corrected chi connectivity index (χ3v) is 1.08. The van der Waals surface area contributed by atoms with Crippen molar-refractivity contribution in [1.29, 1.82) is 0 Å². The fourth-order valence-corrected chi connectivity index (χ4v) is 0.582. The molecule has 0 aliphatic rings. The van der Waals surface area contributed by atoms with Gasteiger partial charge in [-0.15, -0.1) is 0 Å². The first-order valence-electron chi connectivity index (χ1n) is 3.91. The first-order valence-corrected chi connectivity index (χ1v) is 3.91. The number of carbonyl (C=O) groups is 1. The van der Waals surface area contributed by atoms with Crippen LogP contribution in [0.4, 0.5) is 0 Å². The Labute approximate surface area is 76.3 Å². The fraction of sp³-hybridized carbons (Fsp3) is 0.500. The van der Waals surface area contributed by atoms with Crippen LogP contribution in [0.3, 0.4) is 0 Å². The first kappa shape index (κ1) is 11.6. The van der Waals surface area contributed by atoms with Crippen molar-refractivity contribution in [3.05, 3.63) is 17.8 Å². The summed E-state index contributed by atoms with van der Waals surface area (Å²) in [5.74, 6) is -0.473. The van der Waals surface area contributed by atoms with Crippen molar-refractivity contribution in [2.45, 2.75) is 20.5 Å². The monoisotopic (exact) mass is 187 g/mol. The Morgan fingerprint density at radius 2 is 2.31 bits per heavy atom. The van der Waals surface area contributed by atoms with E-state index < -0.39 is 5.97 Å². The van der Waals surface area contributed by atoms with Crippen molar-refractivity contribution < 1.29 is 19.1 Å². The number of ether oxygens (including phenoxy) is 1. The number of hydrogen-bond acceptors (Lipinski definition) is 5. The molecule has 0 aliphatic carbocycles. The molecule has 0 bridgehead atoms. The Morgan fingerprint density at radius 3 is 2.69 bits per heavy atom. The topological polar surface area (TPSA) is 72.6 Å². The highest BCUT2D eigenvalue weighted by molar-refractivity contribution is 5.86. The van der Waals surface area contributed by atoms with Gasteiger partial charge in [-0.3, -0.25) is 0 Å². The van der Waals surface area contributed by atoms with Crippen LogP contribution >= 0.6 is 0 Å². The first-order chi connectivity index (χ1) is 6.27. The summed E-state index contributed by atoms with van der Waals surface area (Å²) in [6.07, 6.45) is 1.14. The molecular weight excluding hydrogens is 174 g/mol. The zero-order chi connectivity index (χ0) is 10.3. The van der Waals surface area contributed by atoms with Crippen LogP contribution in [-0.2, 0) is 11.3 Å². The van der Waals surface area contributed by atoms with Gasteiger partial charge in [-0.1, -0.05) is 13.8 Å². The summed E-state index contributed by atoms with van der Waals surface area (Å²) in [5, 5.41) is 8.50. The van der Waals surface area contributed by atoms with Gasteiger partial charge in [0.2, 0.25) is 5.89 Å². The van der Waals surface area contributed by atoms with Gasteiger partial charge < -0.3 is 14.3 Å². The number of aliphatic hydroxyl groups excluding tert-OH is 1. The number of nitrogens with zero attached hydrogens (tertiary/aromatic N) is 1. The lowest BCUT2D eigenvalue weighted by molar-refractivity contribution is 0.0594. The molecule has 0 atom stereocenters. The molecule has 74 valence electrons. The maximum absolute atomic E-state index is 10.7. The number of aromatic nitrogens is 1. The SMILES string of the molecule is CC.COC(=O)c1coc(CO)n1. The van der Waals surface area contributed by atoms with Gasteiger partial charge >= 0.3 is 5.97 Å². The third-order valence-electron chi connectivity index (χ3n) is 1.08. The number of aliphatic hydroxyl groups is 1. The lowest BCUT2D eigenvalue weighted by Gasteiger charge is -1.89. The molecular formula is C8H13NO4. The second-order valence-electron chi connectivity index (χ2n) is 1.78. The van der Waals surface area contributed by atoms with E-state index in [4.69, 9.17) is 5.11 Å². The van der Waals surface area contributed by atoms with E-state index in [9.17, 15) is 4.79 Å². The van der Waals surface area contributed by atoms with E-state index in [0.717, 1.165) is 6.26 Å². The Hall–Kier alpha value is -1.36. The van der Waals surface area contributed by atoms with Gasteiger partial charge in [-0.25, -0.2) is 9.78 Å². The van der Waals surface area contributed by atoms with Gasteiger partial charge in [0.15, 0.2) is 5.69 Å². The second-order valence-corrected chi connectivity index (χ2v) is 1.78. The minimum absolute atomic E-state index is 0.0663. The van der Waals surface area contributed by atoms with Crippen molar-refractivity contribution in [3.63, 3.8) is 0 Å². The molecule has 13 heavy (non-hydrogen) atoms. The molecule has 0 radical (unpaired) electrons. The molecule has 0 aromatic carbocycles. The highest BCUT2D eigenvalue weighted by Gasteiger charge is 2.10. The summed E-state index contributed by atoms with van der Waals surface area (Å²) in [5.41, 5.74) is 0.0663. The summed E-state index contributed by atoms with van der Waals surface area (Å²) in [6, 6.07) is 0. The van der Waals surface area contributed by atoms with Gasteiger partial charge in [0.1, 0.15) is 12.9 Å². The van der Waals surface area contributed by atoms with Crippen LogP contribution < -0.4 is 0 Å². The van der Waals surface area contributed by atoms with Crippen molar-refractivity contribution in [2.75, 3.05) is 7.11 Å². The largest absolute Gasteiger partial charge is 0.464 e. The molecule has 0 saturated heterocycles. The van der Waals surface area contributed by atoms with Crippen LogP contribution in [0.2, 0.25) is 0 Å². The number of carbonyl (C=O) groups excluding carboxylic acids is 1. The van der Waals surface area contributed by atoms with E-state index in [1.54, 1.807) is 0 Å². The van der Waals surface area contributed by atoms with Crippen LogP contribution in [0.1, 0.15) is 30.2 Å². The number of hydrogen-bond donors (Lipinski definition) is 1. The Morgan fingerprint density at radius 1 is 1.69 bits per heavy atom. The van der Waals surface area contributed by atoms with E-state index in [2.05, 4.69) is 14.1 Å². The van der Waals surface area contributed by atoms with Crippen molar-refractivity contribution in [1.82, 2.24) is 4.98 Å². The summed E-state index contributed by atoms with van der Waals surface area (Å²) < 4.78 is 9.03. The van der Waals surface area contributed by atoms with E-state index in [-0.39, 0.29) is 18.2 Å². The number of esters is 1. The molecule has 1 N–H and O–H groups in total. The van der Waals surface area contributed by atoms with Gasteiger partial charge in [-0.05, 0) is 0 Å². The Balaban J connectivity index is 0.000000671. The predicted molar refractivity (Wildman–Crippen MR) is 45.1 cm³/mol. The molecule has 5 nitrogen and oxygen atoms in total. The number of methoxy groups -OCH3 is 1. The zero-order valence-electron chi connectivity index (χ0n) is 7.90. The normalized spacial score (nSPS) is 8.62. The van der Waals surface area contributed by atoms with Crippen molar-refractivity contribution in [3.8, 4) is 0 Å². The third kappa shape index (κ3) is 3.25. The lowest BCUT2D eigenvalue weighted by Crippen LogP contribution is -2.01. The molecule has 1 aromatic heterocycles. The van der Waals surface area contributed by atoms with Gasteiger partial charge in [0, 0.05) is 0 Å². The highest BCUT2D eigenvalue weighted by atomic mass is 16.5. The zero-order valence-corrected chi connectivity index (χ0v) is 7.90. The maximum atomic E-state index is 10.7. The van der Waals surface area contributed by atoms with Gasteiger partial charge in [-0.2, -0.15) is 0 Å². The fourth-order valence-electron chi connectivity index (χ4n) is 0.582. The highest BCUT2D eigenvalue weighted by Crippen LogP contribution is 2.02. The Bertz CT molecular complexity index is 256. The lowest BCUT2D eigenvalue weighted by atomic mass is 10.5. The van der Waals surface area contributed by atoms with Gasteiger partial charge in [0.05, 0.1) is 7.11 Å². The second kappa shape index (κ2) is 6.19. The average molecular weight is 187 g/mol. The van der Waals surface area contributed by atoms with Crippen LogP contribution in [-0.4, -0.2) is 23.2 Å². The number of oxazole rings is 1. The van der Waals surface area contributed by atoms with Crippen LogP contribution in [0, 0.1) is 0 Å². The molecule has 0 amide bonds. The molecule has 0 spiro atoms. The van der Waals surface area contributed by atoms with E-state index in [0.29, 0.717) is 0 Å². The average Bonchev–Trinajstić information content (AvgIpc) is 2.68. The predicted octanol–water partition coefficient (Wildman–Crippen LogP) is 0.980. The Kier molecular flexibility index (Phi) is 5.54. The van der Waals surface area contributed by atoms with E-state index in [1.165, 1.54) is 7.11 Å². The smallest absolute Gasteiger partial charge is 0.360 e. The molecule has 5 heteroatoms.